The molecule has 0 radical (unpaired) electrons. The Morgan fingerprint density at radius 1 is 0.828 bits per heavy atom. The van der Waals surface area contributed by atoms with Crippen molar-refractivity contribution >= 4 is 51.2 Å². The Labute approximate surface area is 342 Å². The second-order valence-corrected chi connectivity index (χ2v) is 17.0. The van der Waals surface area contributed by atoms with Gasteiger partial charge in [0.15, 0.2) is 0 Å². The number of amides is 5. The smallest absolute Gasteiger partial charge is 0.351 e. The van der Waals surface area contributed by atoms with Crippen molar-refractivity contribution in [2.75, 3.05) is 13.1 Å². The maximum absolute atomic E-state index is 15.7. The standard InChI is InChI=1S/C41H50ClF2N5O8S/c1-25(2)34(47-37(52)28-14-16-29(17-15-28)38(53)48-58(56,57)32-20-18-30(42)19-21-32)39(54)46-24-33(50)49(31-12-8-9-13-31)35(26(3)4)36(51)41(43,44)40(55)45-23-22-27-10-6-5-7-11-27/h5-7,10-11,14-21,25-26,31,34-36,51H,8-9,12-13,22-24H2,1-4H3,(H,45,55)(H,46,54)(H,47,52)(H,48,53)/t34-,35?,36?/m0/s1. The molecule has 0 bridgehead atoms. The minimum Gasteiger partial charge on any atom is -0.384 e. The first-order chi connectivity index (χ1) is 27.3. The first-order valence-electron chi connectivity index (χ1n) is 19.0. The third-order valence-corrected chi connectivity index (χ3v) is 11.6. The molecule has 0 spiro atoms. The van der Waals surface area contributed by atoms with E-state index in [1.165, 1.54) is 53.4 Å². The van der Waals surface area contributed by atoms with Crippen LogP contribution in [0.25, 0.3) is 0 Å². The highest BCUT2D eigenvalue weighted by atomic mass is 35.5. The summed E-state index contributed by atoms with van der Waals surface area (Å²) in [5, 5.41) is 18.8. The van der Waals surface area contributed by atoms with Gasteiger partial charge < -0.3 is 26.0 Å². The molecule has 3 atom stereocenters. The van der Waals surface area contributed by atoms with E-state index in [2.05, 4.69) is 16.0 Å². The lowest BCUT2D eigenvalue weighted by Gasteiger charge is -2.43. The summed E-state index contributed by atoms with van der Waals surface area (Å²) in [6, 6.07) is 16.0. The van der Waals surface area contributed by atoms with Crippen molar-refractivity contribution < 1.29 is 46.3 Å². The highest BCUT2D eigenvalue weighted by molar-refractivity contribution is 7.90. The summed E-state index contributed by atoms with van der Waals surface area (Å²) >= 11 is 5.81. The van der Waals surface area contributed by atoms with Crippen molar-refractivity contribution in [3.8, 4) is 0 Å². The number of nitrogens with zero attached hydrogens (tertiary/aromatic N) is 1. The van der Waals surface area contributed by atoms with Crippen LogP contribution >= 0.6 is 11.6 Å². The van der Waals surface area contributed by atoms with E-state index in [4.69, 9.17) is 11.6 Å². The van der Waals surface area contributed by atoms with Crippen LogP contribution in [0.4, 0.5) is 8.78 Å². The average molecular weight is 846 g/mol. The molecular weight excluding hydrogens is 796 g/mol. The number of aliphatic hydroxyl groups is 1. The topological polar surface area (TPSA) is 191 Å². The number of aliphatic hydroxyl groups excluding tert-OH is 1. The Kier molecular flexibility index (Phi) is 15.9. The Morgan fingerprint density at radius 2 is 1.40 bits per heavy atom. The maximum atomic E-state index is 15.7. The minimum atomic E-state index is -4.25. The molecule has 314 valence electrons. The lowest BCUT2D eigenvalue weighted by Crippen LogP contribution is -2.63. The summed E-state index contributed by atoms with van der Waals surface area (Å²) in [5.41, 5.74) is 0.802. The average Bonchev–Trinajstić information content (AvgIpc) is 3.72. The van der Waals surface area contributed by atoms with Crippen molar-refractivity contribution in [2.45, 2.75) is 94.8 Å². The van der Waals surface area contributed by atoms with Gasteiger partial charge in [-0.3, -0.25) is 24.0 Å². The Balaban J connectivity index is 1.41. The number of rotatable bonds is 18. The van der Waals surface area contributed by atoms with Gasteiger partial charge in [0.25, 0.3) is 27.7 Å². The molecule has 0 heterocycles. The molecule has 1 fully saturated rings. The van der Waals surface area contributed by atoms with E-state index in [0.717, 1.165) is 5.56 Å². The molecule has 5 amide bonds. The zero-order valence-corrected chi connectivity index (χ0v) is 34.3. The molecule has 0 aliphatic heterocycles. The van der Waals surface area contributed by atoms with Gasteiger partial charge in [0, 0.05) is 28.7 Å². The van der Waals surface area contributed by atoms with Gasteiger partial charge >= 0.3 is 5.92 Å². The van der Waals surface area contributed by atoms with Gasteiger partial charge in [0.05, 0.1) is 17.5 Å². The summed E-state index contributed by atoms with van der Waals surface area (Å²) < 4.78 is 58.5. The molecule has 3 aromatic carbocycles. The summed E-state index contributed by atoms with van der Waals surface area (Å²) in [7, 11) is -4.21. The van der Waals surface area contributed by atoms with Crippen LogP contribution in [0.15, 0.2) is 83.8 Å². The van der Waals surface area contributed by atoms with Crippen LogP contribution in [0.3, 0.4) is 0 Å². The van der Waals surface area contributed by atoms with Crippen molar-refractivity contribution in [1.29, 1.82) is 0 Å². The van der Waals surface area contributed by atoms with Crippen molar-refractivity contribution in [3.63, 3.8) is 0 Å². The second-order valence-electron chi connectivity index (χ2n) is 14.9. The van der Waals surface area contributed by atoms with E-state index in [1.807, 2.05) is 4.72 Å². The fourth-order valence-electron chi connectivity index (χ4n) is 6.82. The van der Waals surface area contributed by atoms with Crippen LogP contribution in [0.2, 0.25) is 5.02 Å². The van der Waals surface area contributed by atoms with E-state index in [1.54, 1.807) is 58.0 Å². The van der Waals surface area contributed by atoms with Crippen LogP contribution in [0, 0.1) is 11.8 Å². The van der Waals surface area contributed by atoms with E-state index in [9.17, 15) is 37.5 Å². The number of sulfonamides is 1. The van der Waals surface area contributed by atoms with Gasteiger partial charge in [0.2, 0.25) is 11.8 Å². The van der Waals surface area contributed by atoms with Crippen molar-refractivity contribution in [3.05, 3.63) is 101 Å². The van der Waals surface area contributed by atoms with E-state index >= 15 is 8.78 Å². The molecule has 1 aliphatic rings. The molecule has 4 rings (SSSR count). The zero-order chi connectivity index (χ0) is 42.8. The number of benzene rings is 3. The molecule has 13 nitrogen and oxygen atoms in total. The van der Waals surface area contributed by atoms with Crippen LogP contribution in [-0.4, -0.2) is 91.2 Å². The van der Waals surface area contributed by atoms with Gasteiger partial charge in [-0.25, -0.2) is 13.1 Å². The monoisotopic (exact) mass is 845 g/mol. The van der Waals surface area contributed by atoms with Crippen LogP contribution in [0.1, 0.15) is 79.7 Å². The maximum Gasteiger partial charge on any atom is 0.351 e. The number of carbonyl (C=O) groups excluding carboxylic acids is 5. The Hall–Kier alpha value is -4.93. The fourth-order valence-corrected chi connectivity index (χ4v) is 7.92. The number of alkyl halides is 2. The van der Waals surface area contributed by atoms with Crippen LogP contribution in [0.5, 0.6) is 0 Å². The van der Waals surface area contributed by atoms with Crippen molar-refractivity contribution in [1.82, 2.24) is 25.6 Å². The molecule has 5 N–H and O–H groups in total. The van der Waals surface area contributed by atoms with Gasteiger partial charge in [-0.2, -0.15) is 8.78 Å². The summed E-state index contributed by atoms with van der Waals surface area (Å²) in [6.07, 6.45) is 0.128. The van der Waals surface area contributed by atoms with Gasteiger partial charge in [-0.1, -0.05) is 82.5 Å². The van der Waals surface area contributed by atoms with Gasteiger partial charge in [0.1, 0.15) is 12.1 Å². The number of hydrogen-bond donors (Lipinski definition) is 5. The summed E-state index contributed by atoms with van der Waals surface area (Å²) in [6.45, 7) is 5.72. The largest absolute Gasteiger partial charge is 0.384 e. The molecule has 1 aliphatic carbocycles. The van der Waals surface area contributed by atoms with Crippen LogP contribution < -0.4 is 20.7 Å². The molecule has 2 unspecified atom stereocenters. The second kappa shape index (κ2) is 20.2. The number of halogens is 3. The summed E-state index contributed by atoms with van der Waals surface area (Å²) in [5.74, 6) is -10.3. The van der Waals surface area contributed by atoms with Crippen molar-refractivity contribution in [2.24, 2.45) is 11.8 Å². The molecule has 58 heavy (non-hydrogen) atoms. The normalized spacial score (nSPS) is 15.0. The molecule has 0 aromatic heterocycles. The molecular formula is C41H50ClF2N5O8S. The number of nitrogens with one attached hydrogen (secondary N) is 4. The highest BCUT2D eigenvalue weighted by Gasteiger charge is 2.53. The van der Waals surface area contributed by atoms with E-state index in [0.29, 0.717) is 37.1 Å². The van der Waals surface area contributed by atoms with E-state index in [-0.39, 0.29) is 22.6 Å². The third-order valence-electron chi connectivity index (χ3n) is 9.96. The van der Waals surface area contributed by atoms with E-state index < -0.39 is 88.1 Å². The predicted octanol–water partition coefficient (Wildman–Crippen LogP) is 4.48. The zero-order valence-electron chi connectivity index (χ0n) is 32.7. The lowest BCUT2D eigenvalue weighted by molar-refractivity contribution is -0.180. The number of hydrogen-bond acceptors (Lipinski definition) is 8. The predicted molar refractivity (Wildman–Crippen MR) is 213 cm³/mol. The molecule has 1 saturated carbocycles. The molecule has 0 saturated heterocycles. The first kappa shape index (κ1) is 45.8. The Morgan fingerprint density at radius 3 is 1.95 bits per heavy atom. The highest BCUT2D eigenvalue weighted by Crippen LogP contribution is 2.33. The third kappa shape index (κ3) is 11.8. The summed E-state index contributed by atoms with van der Waals surface area (Å²) in [4.78, 5) is 67.1. The molecule has 17 heteroatoms. The van der Waals surface area contributed by atoms with Gasteiger partial charge in [-0.05, 0) is 85.2 Å². The Bertz CT molecular complexity index is 2010. The minimum absolute atomic E-state index is 0.0397. The van der Waals surface area contributed by atoms with Crippen LogP contribution in [-0.2, 0) is 30.8 Å². The fraction of sp³-hybridized carbons (Fsp3) is 0.439. The SMILES string of the molecule is CC(C)C(C(O)C(F)(F)C(=O)NCCc1ccccc1)N(C(=O)CNC(=O)[C@@H](NC(=O)c1ccc(C(=O)NS(=O)(=O)c2ccc(Cl)cc2)cc1)C(C)C)C1CCCC1. The number of carbonyl (C=O) groups is 5. The first-order valence-corrected chi connectivity index (χ1v) is 20.9. The van der Waals surface area contributed by atoms with Gasteiger partial charge in [-0.15, -0.1) is 0 Å². The lowest BCUT2D eigenvalue weighted by atomic mass is 9.90. The molecule has 3 aromatic rings. The quantitative estimate of drug-likeness (QED) is 0.124.